The third-order valence-corrected chi connectivity index (χ3v) is 3.66. The monoisotopic (exact) mass is 293 g/mol. The Morgan fingerprint density at radius 3 is 2.45 bits per heavy atom. The average Bonchev–Trinajstić information content (AvgIpc) is 2.84. The minimum atomic E-state index is -3.22. The first kappa shape index (κ1) is 13.9. The van der Waals surface area contributed by atoms with Gasteiger partial charge in [0, 0.05) is 6.26 Å². The van der Waals surface area contributed by atoms with Crippen molar-refractivity contribution in [3.05, 3.63) is 41.2 Å². The molecule has 0 unspecified atom stereocenters. The van der Waals surface area contributed by atoms with Crippen LogP contribution in [0.3, 0.4) is 0 Å². The lowest BCUT2D eigenvalue weighted by atomic mass is 10.2. The van der Waals surface area contributed by atoms with E-state index >= 15 is 0 Å². The molecule has 20 heavy (non-hydrogen) atoms. The number of sulfone groups is 1. The van der Waals surface area contributed by atoms with Gasteiger partial charge in [-0.2, -0.15) is 0 Å². The van der Waals surface area contributed by atoms with E-state index in [1.165, 1.54) is 18.2 Å². The van der Waals surface area contributed by atoms with E-state index < -0.39 is 15.8 Å². The number of carboxylic acids is 1. The fourth-order valence-corrected chi connectivity index (χ4v) is 2.15. The normalized spacial score (nSPS) is 11.8. The number of hydrogen-bond donors (Lipinski definition) is 2. The zero-order chi connectivity index (χ0) is 14.8. The Morgan fingerprint density at radius 1 is 1.25 bits per heavy atom. The fraction of sp³-hybridized carbons (Fsp3) is 0.0833. The molecular formula is C12H11N3O4S. The van der Waals surface area contributed by atoms with E-state index in [2.05, 4.69) is 15.4 Å². The minimum absolute atomic E-state index is 0.172. The maximum Gasteiger partial charge on any atom is 0.358 e. The predicted octanol–water partition coefficient (Wildman–Crippen LogP) is 1.08. The van der Waals surface area contributed by atoms with E-state index in [4.69, 9.17) is 5.11 Å². The summed E-state index contributed by atoms with van der Waals surface area (Å²) in [6.45, 7) is 0. The molecule has 2 rings (SSSR count). The van der Waals surface area contributed by atoms with Crippen LogP contribution in [0.2, 0.25) is 0 Å². The number of H-pyrrole nitrogens is 1. The number of carboxylic acid groups (broad SMARTS) is 1. The third-order valence-electron chi connectivity index (χ3n) is 2.53. The van der Waals surface area contributed by atoms with Crippen LogP contribution >= 0.6 is 0 Å². The molecule has 1 heterocycles. The molecule has 1 aromatic heterocycles. The van der Waals surface area contributed by atoms with Crippen LogP contribution in [0.25, 0.3) is 12.2 Å². The van der Waals surface area contributed by atoms with Gasteiger partial charge in [-0.25, -0.2) is 13.2 Å². The number of nitrogens with zero attached hydrogens (tertiary/aromatic N) is 2. The van der Waals surface area contributed by atoms with Crippen LogP contribution in [0.1, 0.15) is 21.7 Å². The van der Waals surface area contributed by atoms with Crippen molar-refractivity contribution in [3.63, 3.8) is 0 Å². The van der Waals surface area contributed by atoms with Gasteiger partial charge in [0.1, 0.15) is 0 Å². The number of aromatic carboxylic acids is 1. The summed E-state index contributed by atoms with van der Waals surface area (Å²) in [7, 11) is -3.22. The summed E-state index contributed by atoms with van der Waals surface area (Å²) in [6, 6.07) is 6.21. The minimum Gasteiger partial charge on any atom is -0.476 e. The van der Waals surface area contributed by atoms with Gasteiger partial charge in [-0.1, -0.05) is 23.4 Å². The second-order valence-corrected chi connectivity index (χ2v) is 6.07. The number of aromatic nitrogens is 3. The molecule has 104 valence electrons. The van der Waals surface area contributed by atoms with Gasteiger partial charge in [-0.15, -0.1) is 5.10 Å². The molecule has 0 saturated heterocycles. The Bertz CT molecular complexity index is 760. The molecule has 7 nitrogen and oxygen atoms in total. The molecule has 8 heteroatoms. The van der Waals surface area contributed by atoms with Crippen molar-refractivity contribution in [3.8, 4) is 0 Å². The molecule has 2 aromatic rings. The van der Waals surface area contributed by atoms with Gasteiger partial charge in [0.05, 0.1) is 10.6 Å². The molecule has 0 atom stereocenters. The smallest absolute Gasteiger partial charge is 0.358 e. The Hall–Kier alpha value is -2.48. The van der Waals surface area contributed by atoms with Gasteiger partial charge in [0.25, 0.3) is 0 Å². The Balaban J connectivity index is 2.24. The van der Waals surface area contributed by atoms with Gasteiger partial charge >= 0.3 is 5.97 Å². The number of rotatable bonds is 4. The molecule has 2 N–H and O–H groups in total. The van der Waals surface area contributed by atoms with Crippen LogP contribution in [0.5, 0.6) is 0 Å². The van der Waals surface area contributed by atoms with Gasteiger partial charge < -0.3 is 5.11 Å². The molecular weight excluding hydrogens is 282 g/mol. The number of aromatic amines is 1. The highest BCUT2D eigenvalue weighted by molar-refractivity contribution is 7.90. The Labute approximate surface area is 114 Å². The molecule has 0 aliphatic rings. The van der Waals surface area contributed by atoms with Crippen LogP contribution in [-0.4, -0.2) is 41.2 Å². The number of benzene rings is 1. The molecule has 0 aliphatic carbocycles. The summed E-state index contributed by atoms with van der Waals surface area (Å²) < 4.78 is 22.6. The van der Waals surface area contributed by atoms with Crippen LogP contribution < -0.4 is 0 Å². The number of hydrogen-bond acceptors (Lipinski definition) is 5. The number of nitrogens with one attached hydrogen (secondary N) is 1. The van der Waals surface area contributed by atoms with Gasteiger partial charge in [0.2, 0.25) is 0 Å². The fourth-order valence-electron chi connectivity index (χ4n) is 1.52. The second kappa shape index (κ2) is 5.25. The molecule has 0 amide bonds. The summed E-state index contributed by atoms with van der Waals surface area (Å²) in [5.41, 5.74) is 0.821. The van der Waals surface area contributed by atoms with Gasteiger partial charge in [0.15, 0.2) is 15.5 Å². The highest BCUT2D eigenvalue weighted by Crippen LogP contribution is 2.13. The second-order valence-electron chi connectivity index (χ2n) is 4.05. The first-order chi connectivity index (χ1) is 9.38. The summed E-state index contributed by atoms with van der Waals surface area (Å²) in [5, 5.41) is 18.2. The van der Waals surface area contributed by atoms with Crippen molar-refractivity contribution in [2.45, 2.75) is 4.90 Å². The Kier molecular flexibility index (Phi) is 3.66. The standard InChI is InChI=1S/C12H11N3O4S/c1-20(18,19)9-5-2-8(3-6-9)4-7-10-11(12(16)17)14-15-13-10/h2-7H,1H3,(H,16,17)(H,13,14,15). The van der Waals surface area contributed by atoms with Crippen LogP contribution in [-0.2, 0) is 9.84 Å². The first-order valence-electron chi connectivity index (χ1n) is 5.50. The van der Waals surface area contributed by atoms with Crippen LogP contribution in [0.4, 0.5) is 0 Å². The molecule has 0 aliphatic heterocycles. The molecule has 0 radical (unpaired) electrons. The van der Waals surface area contributed by atoms with E-state index in [-0.39, 0.29) is 16.3 Å². The largest absolute Gasteiger partial charge is 0.476 e. The highest BCUT2D eigenvalue weighted by atomic mass is 32.2. The third kappa shape index (κ3) is 3.09. The van der Waals surface area contributed by atoms with Crippen molar-refractivity contribution < 1.29 is 18.3 Å². The zero-order valence-electron chi connectivity index (χ0n) is 10.4. The van der Waals surface area contributed by atoms with E-state index in [1.54, 1.807) is 18.2 Å². The first-order valence-corrected chi connectivity index (χ1v) is 7.39. The lowest BCUT2D eigenvalue weighted by Gasteiger charge is -1.98. The number of carbonyl (C=O) groups is 1. The van der Waals surface area contributed by atoms with Crippen molar-refractivity contribution in [1.29, 1.82) is 0 Å². The molecule has 0 fully saturated rings. The maximum atomic E-state index is 11.3. The van der Waals surface area contributed by atoms with Crippen molar-refractivity contribution in [2.24, 2.45) is 0 Å². The molecule has 0 bridgehead atoms. The van der Waals surface area contributed by atoms with Gasteiger partial charge in [-0.3, -0.25) is 5.10 Å². The zero-order valence-corrected chi connectivity index (χ0v) is 11.3. The summed E-state index contributed by atoms with van der Waals surface area (Å²) in [4.78, 5) is 11.1. The maximum absolute atomic E-state index is 11.3. The lowest BCUT2D eigenvalue weighted by Crippen LogP contribution is -1.98. The summed E-state index contributed by atoms with van der Waals surface area (Å²) in [5.74, 6) is -1.18. The molecule has 0 saturated carbocycles. The summed E-state index contributed by atoms with van der Waals surface area (Å²) >= 11 is 0. The SMILES string of the molecule is CS(=O)(=O)c1ccc(C=Cc2[nH]nnc2C(=O)O)cc1. The summed E-state index contributed by atoms with van der Waals surface area (Å²) in [6.07, 6.45) is 4.28. The van der Waals surface area contributed by atoms with Crippen molar-refractivity contribution in [1.82, 2.24) is 15.4 Å². The average molecular weight is 293 g/mol. The van der Waals surface area contributed by atoms with E-state index in [1.807, 2.05) is 0 Å². The molecule has 1 aromatic carbocycles. The quantitative estimate of drug-likeness (QED) is 0.872. The van der Waals surface area contributed by atoms with E-state index in [0.29, 0.717) is 0 Å². The van der Waals surface area contributed by atoms with Crippen LogP contribution in [0, 0.1) is 0 Å². The topological polar surface area (TPSA) is 113 Å². The van der Waals surface area contributed by atoms with Crippen molar-refractivity contribution in [2.75, 3.05) is 6.26 Å². The van der Waals surface area contributed by atoms with Gasteiger partial charge in [-0.05, 0) is 23.8 Å². The van der Waals surface area contributed by atoms with Crippen molar-refractivity contribution >= 4 is 28.0 Å². The predicted molar refractivity (Wildman–Crippen MR) is 71.8 cm³/mol. The van der Waals surface area contributed by atoms with E-state index in [0.717, 1.165) is 11.8 Å². The molecule has 0 spiro atoms. The lowest BCUT2D eigenvalue weighted by molar-refractivity contribution is 0.0690. The van der Waals surface area contributed by atoms with Crippen LogP contribution in [0.15, 0.2) is 29.2 Å². The van der Waals surface area contributed by atoms with E-state index in [9.17, 15) is 13.2 Å². The Morgan fingerprint density at radius 2 is 1.90 bits per heavy atom. The highest BCUT2D eigenvalue weighted by Gasteiger charge is 2.11.